The van der Waals surface area contributed by atoms with E-state index in [2.05, 4.69) is 12.2 Å². The second-order valence-corrected chi connectivity index (χ2v) is 7.01. The molecular weight excluding hydrogens is 318 g/mol. The quantitative estimate of drug-likeness (QED) is 0.916. The van der Waals surface area contributed by atoms with Crippen LogP contribution in [0.2, 0.25) is 0 Å². The lowest BCUT2D eigenvalue weighted by molar-refractivity contribution is -0.139. The third-order valence-electron chi connectivity index (χ3n) is 5.06. The van der Waals surface area contributed by atoms with Gasteiger partial charge in [0.25, 0.3) is 0 Å². The molecule has 2 unspecified atom stereocenters. The van der Waals surface area contributed by atoms with E-state index in [4.69, 9.17) is 0 Å². The maximum absolute atomic E-state index is 12.8. The fraction of sp³-hybridized carbons (Fsp3) is 0.526. The molecule has 134 valence electrons. The maximum atomic E-state index is 12.8. The van der Waals surface area contributed by atoms with E-state index in [0.717, 1.165) is 25.1 Å². The van der Waals surface area contributed by atoms with Crippen LogP contribution in [-0.4, -0.2) is 41.8 Å². The molecule has 2 saturated heterocycles. The third-order valence-corrected chi connectivity index (χ3v) is 5.06. The summed E-state index contributed by atoms with van der Waals surface area (Å²) in [4.78, 5) is 39.9. The van der Waals surface area contributed by atoms with Crippen LogP contribution in [0.5, 0.6) is 0 Å². The second-order valence-electron chi connectivity index (χ2n) is 7.01. The van der Waals surface area contributed by atoms with Crippen molar-refractivity contribution in [3.05, 3.63) is 24.3 Å². The molecule has 2 fully saturated rings. The number of nitrogens with one attached hydrogen (secondary N) is 1. The van der Waals surface area contributed by atoms with E-state index >= 15 is 0 Å². The van der Waals surface area contributed by atoms with Gasteiger partial charge in [-0.2, -0.15) is 0 Å². The van der Waals surface area contributed by atoms with Gasteiger partial charge in [-0.15, -0.1) is 0 Å². The van der Waals surface area contributed by atoms with Crippen molar-refractivity contribution >= 4 is 29.1 Å². The van der Waals surface area contributed by atoms with Gasteiger partial charge in [-0.3, -0.25) is 14.4 Å². The summed E-state index contributed by atoms with van der Waals surface area (Å²) in [5.74, 6) is -0.303. The monoisotopic (exact) mass is 343 g/mol. The van der Waals surface area contributed by atoms with E-state index in [1.54, 1.807) is 29.2 Å². The number of anilines is 2. The lowest BCUT2D eigenvalue weighted by atomic mass is 9.99. The molecule has 0 saturated carbocycles. The Labute approximate surface area is 148 Å². The van der Waals surface area contributed by atoms with Crippen LogP contribution in [0, 0.1) is 5.92 Å². The molecule has 25 heavy (non-hydrogen) atoms. The molecule has 1 N–H and O–H groups in total. The van der Waals surface area contributed by atoms with E-state index in [1.807, 2.05) is 4.90 Å². The van der Waals surface area contributed by atoms with Crippen LogP contribution in [0.1, 0.15) is 39.5 Å². The summed E-state index contributed by atoms with van der Waals surface area (Å²) < 4.78 is 0. The molecule has 2 atom stereocenters. The smallest absolute Gasteiger partial charge is 0.228 e. The van der Waals surface area contributed by atoms with Crippen molar-refractivity contribution in [3.63, 3.8) is 0 Å². The van der Waals surface area contributed by atoms with Crippen LogP contribution in [0.25, 0.3) is 0 Å². The fourth-order valence-corrected chi connectivity index (χ4v) is 3.71. The van der Waals surface area contributed by atoms with Crippen molar-refractivity contribution in [1.82, 2.24) is 4.90 Å². The molecule has 1 aromatic rings. The Hall–Kier alpha value is -2.37. The van der Waals surface area contributed by atoms with Crippen LogP contribution in [-0.2, 0) is 14.4 Å². The van der Waals surface area contributed by atoms with Gasteiger partial charge < -0.3 is 15.1 Å². The number of piperidine rings is 1. The Balaban J connectivity index is 1.67. The lowest BCUT2D eigenvalue weighted by Gasteiger charge is -2.35. The largest absolute Gasteiger partial charge is 0.340 e. The van der Waals surface area contributed by atoms with Gasteiger partial charge in [0.2, 0.25) is 17.7 Å². The molecule has 1 aromatic carbocycles. The maximum Gasteiger partial charge on any atom is 0.228 e. The normalized spacial score (nSPS) is 23.7. The van der Waals surface area contributed by atoms with Crippen molar-refractivity contribution in [3.8, 4) is 0 Å². The van der Waals surface area contributed by atoms with Gasteiger partial charge in [-0.05, 0) is 50.5 Å². The number of benzene rings is 1. The molecule has 0 aliphatic carbocycles. The summed E-state index contributed by atoms with van der Waals surface area (Å²) in [6.45, 7) is 4.78. The van der Waals surface area contributed by atoms with Gasteiger partial charge in [0, 0.05) is 43.9 Å². The lowest BCUT2D eigenvalue weighted by Crippen LogP contribution is -2.45. The topological polar surface area (TPSA) is 69.7 Å². The molecule has 6 heteroatoms. The van der Waals surface area contributed by atoms with E-state index in [1.165, 1.54) is 13.3 Å². The standard InChI is InChI=1S/C19H25N3O3/c1-13-5-3-4-10-21(13)19(25)15-11-18(24)22(12-15)17-8-6-16(7-9-17)20-14(2)23/h6-9,13,15H,3-5,10-12H2,1-2H3,(H,20,23). The fourth-order valence-electron chi connectivity index (χ4n) is 3.71. The highest BCUT2D eigenvalue weighted by molar-refractivity contribution is 6.00. The highest BCUT2D eigenvalue weighted by Crippen LogP contribution is 2.29. The minimum absolute atomic E-state index is 0.0183. The molecule has 0 spiro atoms. The zero-order chi connectivity index (χ0) is 18.0. The summed E-state index contributed by atoms with van der Waals surface area (Å²) in [7, 11) is 0. The Morgan fingerprint density at radius 2 is 1.88 bits per heavy atom. The molecular formula is C19H25N3O3. The van der Waals surface area contributed by atoms with E-state index in [9.17, 15) is 14.4 Å². The van der Waals surface area contributed by atoms with Gasteiger partial charge >= 0.3 is 0 Å². The van der Waals surface area contributed by atoms with E-state index in [0.29, 0.717) is 12.2 Å². The number of hydrogen-bond acceptors (Lipinski definition) is 3. The van der Waals surface area contributed by atoms with Crippen molar-refractivity contribution in [2.75, 3.05) is 23.3 Å². The highest BCUT2D eigenvalue weighted by atomic mass is 16.2. The molecule has 3 amide bonds. The Bertz CT molecular complexity index is 671. The van der Waals surface area contributed by atoms with Gasteiger partial charge in [0.1, 0.15) is 0 Å². The van der Waals surface area contributed by atoms with Gasteiger partial charge in [0.15, 0.2) is 0 Å². The second kappa shape index (κ2) is 7.25. The van der Waals surface area contributed by atoms with Crippen LogP contribution in [0.3, 0.4) is 0 Å². The first-order chi connectivity index (χ1) is 12.0. The number of carbonyl (C=O) groups excluding carboxylic acids is 3. The van der Waals surface area contributed by atoms with E-state index in [-0.39, 0.29) is 36.1 Å². The number of nitrogens with zero attached hydrogens (tertiary/aromatic N) is 2. The van der Waals surface area contributed by atoms with Crippen LogP contribution in [0.15, 0.2) is 24.3 Å². The Morgan fingerprint density at radius 3 is 2.52 bits per heavy atom. The number of carbonyl (C=O) groups is 3. The molecule has 3 rings (SSSR count). The molecule has 6 nitrogen and oxygen atoms in total. The predicted octanol–water partition coefficient (Wildman–Crippen LogP) is 2.40. The van der Waals surface area contributed by atoms with Gasteiger partial charge in [0.05, 0.1) is 5.92 Å². The minimum Gasteiger partial charge on any atom is -0.340 e. The number of amides is 3. The van der Waals surface area contributed by atoms with E-state index < -0.39 is 0 Å². The van der Waals surface area contributed by atoms with Crippen LogP contribution >= 0.6 is 0 Å². The van der Waals surface area contributed by atoms with Crippen molar-refractivity contribution < 1.29 is 14.4 Å². The molecule has 0 radical (unpaired) electrons. The first-order valence-corrected chi connectivity index (χ1v) is 8.94. The Kier molecular flexibility index (Phi) is 5.06. The predicted molar refractivity (Wildman–Crippen MR) is 96.2 cm³/mol. The zero-order valence-corrected chi connectivity index (χ0v) is 14.8. The molecule has 0 aromatic heterocycles. The summed E-state index contributed by atoms with van der Waals surface area (Å²) >= 11 is 0. The van der Waals surface area contributed by atoms with Crippen molar-refractivity contribution in [1.29, 1.82) is 0 Å². The molecule has 2 heterocycles. The van der Waals surface area contributed by atoms with Crippen molar-refractivity contribution in [2.24, 2.45) is 5.92 Å². The number of rotatable bonds is 3. The Morgan fingerprint density at radius 1 is 1.16 bits per heavy atom. The third kappa shape index (κ3) is 3.83. The average molecular weight is 343 g/mol. The molecule has 2 aliphatic rings. The van der Waals surface area contributed by atoms with Gasteiger partial charge in [-0.25, -0.2) is 0 Å². The first kappa shape index (κ1) is 17.5. The van der Waals surface area contributed by atoms with Crippen LogP contribution in [0.4, 0.5) is 11.4 Å². The molecule has 0 bridgehead atoms. The highest BCUT2D eigenvalue weighted by Gasteiger charge is 2.38. The number of likely N-dealkylation sites (tertiary alicyclic amines) is 1. The SMILES string of the molecule is CC(=O)Nc1ccc(N2CC(C(=O)N3CCCCC3C)CC2=O)cc1. The number of hydrogen-bond donors (Lipinski definition) is 1. The average Bonchev–Trinajstić information content (AvgIpc) is 2.97. The summed E-state index contributed by atoms with van der Waals surface area (Å²) in [5, 5.41) is 2.71. The summed E-state index contributed by atoms with van der Waals surface area (Å²) in [5.41, 5.74) is 1.46. The minimum atomic E-state index is -0.261. The zero-order valence-electron chi connectivity index (χ0n) is 14.8. The van der Waals surface area contributed by atoms with Gasteiger partial charge in [-0.1, -0.05) is 0 Å². The first-order valence-electron chi connectivity index (χ1n) is 8.94. The molecule has 2 aliphatic heterocycles. The summed E-state index contributed by atoms with van der Waals surface area (Å²) in [6, 6.07) is 7.42. The summed E-state index contributed by atoms with van der Waals surface area (Å²) in [6.07, 6.45) is 3.53. The van der Waals surface area contributed by atoms with Crippen molar-refractivity contribution in [2.45, 2.75) is 45.6 Å². The van der Waals surface area contributed by atoms with Crippen LogP contribution < -0.4 is 10.2 Å².